The van der Waals surface area contributed by atoms with Crippen LogP contribution in [-0.2, 0) is 4.74 Å². The maximum atomic E-state index is 12.3. The highest BCUT2D eigenvalue weighted by Gasteiger charge is 2.28. The van der Waals surface area contributed by atoms with Gasteiger partial charge in [-0.2, -0.15) is 0 Å². The Morgan fingerprint density at radius 3 is 2.44 bits per heavy atom. The van der Waals surface area contributed by atoms with Crippen molar-refractivity contribution in [3.63, 3.8) is 0 Å². The summed E-state index contributed by atoms with van der Waals surface area (Å²) in [6.45, 7) is 0.838. The zero-order valence-corrected chi connectivity index (χ0v) is 19.0. The van der Waals surface area contributed by atoms with Crippen molar-refractivity contribution in [2.75, 3.05) is 20.3 Å². The largest absolute Gasteiger partial charge is 0.481 e. The number of hydrogen-bond acceptors (Lipinski definition) is 4. The summed E-state index contributed by atoms with van der Waals surface area (Å²) in [5.74, 6) is 0.676. The van der Waals surface area contributed by atoms with Crippen LogP contribution in [0.5, 0.6) is 5.88 Å². The number of rotatable bonds is 7. The molecular weight excluding hydrogens is 424 g/mol. The number of ether oxygens (including phenoxy) is 2. The van der Waals surface area contributed by atoms with Gasteiger partial charge in [-0.25, -0.2) is 9.78 Å². The molecule has 1 aromatic heterocycles. The van der Waals surface area contributed by atoms with Crippen molar-refractivity contribution in [1.29, 1.82) is 0 Å². The molecule has 0 saturated carbocycles. The molecule has 0 spiro atoms. The Morgan fingerprint density at radius 2 is 1.71 bits per heavy atom. The molecule has 0 bridgehead atoms. The molecule has 1 aliphatic rings. The first kappa shape index (κ1) is 21.7. The van der Waals surface area contributed by atoms with Gasteiger partial charge in [0.2, 0.25) is 5.88 Å². The van der Waals surface area contributed by atoms with Gasteiger partial charge in [-0.3, -0.25) is 0 Å². The first-order chi connectivity index (χ1) is 16.7. The van der Waals surface area contributed by atoms with Gasteiger partial charge in [0, 0.05) is 23.9 Å². The van der Waals surface area contributed by atoms with E-state index in [9.17, 15) is 4.79 Å². The SMILES string of the molecule is COc1ccc2cc(C=CCCNC(=O)OCC3c4ccccc4-c4ccccc43)ccc2n1. The molecule has 5 nitrogen and oxygen atoms in total. The quantitative estimate of drug-likeness (QED) is 0.341. The Kier molecular flexibility index (Phi) is 6.25. The number of carbonyl (C=O) groups excluding carboxylic acids is 1. The Balaban J connectivity index is 1.11. The number of carbonyl (C=O) groups is 1. The molecule has 1 heterocycles. The van der Waals surface area contributed by atoms with Crippen LogP contribution in [0.2, 0.25) is 0 Å². The molecule has 170 valence electrons. The maximum Gasteiger partial charge on any atom is 0.407 e. The summed E-state index contributed by atoms with van der Waals surface area (Å²) in [5, 5.41) is 3.90. The minimum absolute atomic E-state index is 0.0698. The van der Waals surface area contributed by atoms with E-state index in [1.54, 1.807) is 7.11 Å². The summed E-state index contributed by atoms with van der Waals surface area (Å²) in [6, 6.07) is 26.6. The minimum atomic E-state index is -0.388. The van der Waals surface area contributed by atoms with E-state index in [0.29, 0.717) is 25.5 Å². The number of alkyl carbamates (subject to hydrolysis) is 1. The van der Waals surface area contributed by atoms with Crippen LogP contribution in [0.3, 0.4) is 0 Å². The lowest BCUT2D eigenvalue weighted by Crippen LogP contribution is -2.26. The van der Waals surface area contributed by atoms with Crippen molar-refractivity contribution in [3.05, 3.63) is 102 Å². The van der Waals surface area contributed by atoms with E-state index in [1.807, 2.05) is 60.7 Å². The molecule has 3 aromatic carbocycles. The molecule has 0 atom stereocenters. The molecule has 5 heteroatoms. The number of hydrogen-bond donors (Lipinski definition) is 1. The van der Waals surface area contributed by atoms with Crippen molar-refractivity contribution < 1.29 is 14.3 Å². The lowest BCUT2D eigenvalue weighted by Gasteiger charge is -2.14. The van der Waals surface area contributed by atoms with Gasteiger partial charge in [0.25, 0.3) is 0 Å². The van der Waals surface area contributed by atoms with E-state index < -0.39 is 0 Å². The third-order valence-corrected chi connectivity index (χ3v) is 6.13. The molecule has 0 radical (unpaired) electrons. The summed E-state index contributed by atoms with van der Waals surface area (Å²) in [6.07, 6.45) is 4.41. The lowest BCUT2D eigenvalue weighted by atomic mass is 9.98. The van der Waals surface area contributed by atoms with Crippen LogP contribution in [0.25, 0.3) is 28.1 Å². The van der Waals surface area contributed by atoms with Crippen LogP contribution in [0.1, 0.15) is 29.0 Å². The van der Waals surface area contributed by atoms with Crippen LogP contribution < -0.4 is 10.1 Å². The average Bonchev–Trinajstić information content (AvgIpc) is 3.20. The molecular formula is C29H26N2O3. The van der Waals surface area contributed by atoms with Crippen molar-refractivity contribution in [2.24, 2.45) is 0 Å². The number of amides is 1. The number of fused-ring (bicyclic) bond motifs is 4. The Bertz CT molecular complexity index is 1320. The van der Waals surface area contributed by atoms with Gasteiger partial charge in [0.05, 0.1) is 12.6 Å². The smallest absolute Gasteiger partial charge is 0.407 e. The average molecular weight is 451 g/mol. The minimum Gasteiger partial charge on any atom is -0.481 e. The van der Waals surface area contributed by atoms with E-state index in [2.05, 4.69) is 40.6 Å². The van der Waals surface area contributed by atoms with E-state index in [4.69, 9.17) is 9.47 Å². The monoisotopic (exact) mass is 450 g/mol. The van der Waals surface area contributed by atoms with Crippen molar-refractivity contribution in [3.8, 4) is 17.0 Å². The predicted molar refractivity (Wildman–Crippen MR) is 135 cm³/mol. The summed E-state index contributed by atoms with van der Waals surface area (Å²) in [5.41, 5.74) is 6.85. The van der Waals surface area contributed by atoms with Crippen LogP contribution in [0.15, 0.2) is 84.9 Å². The molecule has 0 unspecified atom stereocenters. The highest BCUT2D eigenvalue weighted by atomic mass is 16.5. The van der Waals surface area contributed by atoms with Crippen LogP contribution in [0.4, 0.5) is 4.79 Å². The van der Waals surface area contributed by atoms with Gasteiger partial charge in [0.1, 0.15) is 6.61 Å². The number of nitrogens with zero attached hydrogens (tertiary/aromatic N) is 1. The van der Waals surface area contributed by atoms with Crippen LogP contribution in [-0.4, -0.2) is 31.3 Å². The molecule has 1 amide bonds. The van der Waals surface area contributed by atoms with E-state index in [0.717, 1.165) is 16.5 Å². The predicted octanol–water partition coefficient (Wildman–Crippen LogP) is 6.19. The highest BCUT2D eigenvalue weighted by Crippen LogP contribution is 2.44. The Labute approximate surface area is 199 Å². The Hall–Kier alpha value is -4.12. The second-order valence-electron chi connectivity index (χ2n) is 8.25. The lowest BCUT2D eigenvalue weighted by molar-refractivity contribution is 0.143. The van der Waals surface area contributed by atoms with E-state index >= 15 is 0 Å². The van der Waals surface area contributed by atoms with Gasteiger partial charge in [-0.05, 0) is 52.4 Å². The second-order valence-corrected chi connectivity index (χ2v) is 8.25. The molecule has 5 rings (SSSR count). The molecule has 34 heavy (non-hydrogen) atoms. The fourth-order valence-electron chi connectivity index (χ4n) is 4.47. The number of nitrogens with one attached hydrogen (secondary N) is 1. The normalized spacial score (nSPS) is 12.5. The van der Waals surface area contributed by atoms with Gasteiger partial charge in [0.15, 0.2) is 0 Å². The summed E-state index contributed by atoms with van der Waals surface area (Å²) < 4.78 is 10.8. The molecule has 0 aliphatic heterocycles. The van der Waals surface area contributed by atoms with Crippen molar-refractivity contribution >= 4 is 23.1 Å². The van der Waals surface area contributed by atoms with Crippen LogP contribution in [0, 0.1) is 0 Å². The first-order valence-electron chi connectivity index (χ1n) is 11.4. The third-order valence-electron chi connectivity index (χ3n) is 6.13. The fourth-order valence-corrected chi connectivity index (χ4v) is 4.47. The summed E-state index contributed by atoms with van der Waals surface area (Å²) in [7, 11) is 1.61. The fraction of sp³-hybridized carbons (Fsp3) is 0.172. The molecule has 0 fully saturated rings. The van der Waals surface area contributed by atoms with Gasteiger partial charge in [-0.1, -0.05) is 66.7 Å². The zero-order valence-electron chi connectivity index (χ0n) is 19.0. The van der Waals surface area contributed by atoms with Crippen LogP contribution >= 0.6 is 0 Å². The summed E-state index contributed by atoms with van der Waals surface area (Å²) in [4.78, 5) is 16.7. The maximum absolute atomic E-state index is 12.3. The van der Waals surface area contributed by atoms with Gasteiger partial charge in [-0.15, -0.1) is 0 Å². The zero-order chi connectivity index (χ0) is 23.3. The van der Waals surface area contributed by atoms with E-state index in [-0.39, 0.29) is 12.0 Å². The van der Waals surface area contributed by atoms with Gasteiger partial charge >= 0.3 is 6.09 Å². The van der Waals surface area contributed by atoms with Crippen molar-refractivity contribution in [1.82, 2.24) is 10.3 Å². The molecule has 1 N–H and O–H groups in total. The first-order valence-corrected chi connectivity index (χ1v) is 11.4. The van der Waals surface area contributed by atoms with Crippen molar-refractivity contribution in [2.45, 2.75) is 12.3 Å². The molecule has 4 aromatic rings. The standard InChI is InChI=1S/C29H26N2O3/c1-33-28-16-14-21-18-20(13-15-27(21)31-28)8-6-7-17-30-29(32)34-19-26-24-11-4-2-9-22(24)23-10-3-5-12-25(23)26/h2-6,8-16,18,26H,7,17,19H2,1H3,(H,30,32). The topological polar surface area (TPSA) is 60.5 Å². The second kappa shape index (κ2) is 9.79. The summed E-state index contributed by atoms with van der Waals surface area (Å²) >= 11 is 0. The van der Waals surface area contributed by atoms with Gasteiger partial charge < -0.3 is 14.8 Å². The number of methoxy groups -OCH3 is 1. The number of aromatic nitrogens is 1. The number of benzene rings is 3. The molecule has 1 aliphatic carbocycles. The third kappa shape index (κ3) is 4.50. The number of pyridine rings is 1. The van der Waals surface area contributed by atoms with E-state index in [1.165, 1.54) is 22.3 Å². The Morgan fingerprint density at radius 1 is 0.971 bits per heavy atom. The highest BCUT2D eigenvalue weighted by molar-refractivity contribution is 5.82. The molecule has 0 saturated heterocycles.